The summed E-state index contributed by atoms with van der Waals surface area (Å²) in [4.78, 5) is 33.5. The summed E-state index contributed by atoms with van der Waals surface area (Å²) in [5, 5.41) is 4.62. The van der Waals surface area contributed by atoms with Crippen molar-refractivity contribution in [2.24, 2.45) is 0 Å². The van der Waals surface area contributed by atoms with Crippen molar-refractivity contribution in [3.05, 3.63) is 64.5 Å². The smallest absolute Gasteiger partial charge is 0.256 e. The van der Waals surface area contributed by atoms with Gasteiger partial charge < -0.3 is 10.2 Å². The molecule has 2 aliphatic rings. The fourth-order valence-corrected chi connectivity index (χ4v) is 9.89. The van der Waals surface area contributed by atoms with E-state index >= 15 is 0 Å². The number of thiazole rings is 1. The van der Waals surface area contributed by atoms with Crippen molar-refractivity contribution in [2.75, 3.05) is 18.4 Å². The predicted octanol–water partition coefficient (Wildman–Crippen LogP) is 6.13. The van der Waals surface area contributed by atoms with Crippen LogP contribution in [-0.2, 0) is 27.8 Å². The Morgan fingerprint density at radius 3 is 2.56 bits per heavy atom. The Morgan fingerprint density at radius 2 is 1.83 bits per heavy atom. The number of fused-ring (bicyclic) bond motifs is 2. The monoisotopic (exact) mass is 608 g/mol. The van der Waals surface area contributed by atoms with E-state index in [-0.39, 0.29) is 22.8 Å². The molecule has 0 radical (unpaired) electrons. The minimum Gasteiger partial charge on any atom is -0.337 e. The molecule has 0 spiro atoms. The molecule has 1 atom stereocenters. The highest BCUT2D eigenvalue weighted by molar-refractivity contribution is 7.89. The van der Waals surface area contributed by atoms with Crippen LogP contribution in [0.2, 0.25) is 0 Å². The molecule has 1 N–H and O–H groups in total. The molecule has 4 aromatic rings. The van der Waals surface area contributed by atoms with Crippen molar-refractivity contribution in [3.8, 4) is 10.6 Å². The minimum absolute atomic E-state index is 0.0152. The lowest BCUT2D eigenvalue weighted by atomic mass is 10.0. The van der Waals surface area contributed by atoms with E-state index in [1.54, 1.807) is 34.7 Å². The summed E-state index contributed by atoms with van der Waals surface area (Å²) in [6, 6.07) is 14.2. The Labute approximate surface area is 248 Å². The SMILES string of the molecule is CCC1CCCCN1S(=O)(=O)c1ccc(C(=O)Nc2sc3c(c2-c2nc4ccccc4s2)CCN(C(C)=O)C3)cc1. The van der Waals surface area contributed by atoms with E-state index in [0.29, 0.717) is 36.6 Å². The van der Waals surface area contributed by atoms with Crippen LogP contribution in [0.4, 0.5) is 5.00 Å². The largest absolute Gasteiger partial charge is 0.337 e. The highest BCUT2D eigenvalue weighted by Gasteiger charge is 2.33. The van der Waals surface area contributed by atoms with E-state index in [2.05, 4.69) is 5.32 Å². The van der Waals surface area contributed by atoms with Gasteiger partial charge in [0.15, 0.2) is 0 Å². The Bertz CT molecular complexity index is 1690. The first-order chi connectivity index (χ1) is 19.8. The number of sulfonamides is 1. The molecule has 2 aliphatic heterocycles. The van der Waals surface area contributed by atoms with Gasteiger partial charge in [-0.05, 0) is 67.6 Å². The Kier molecular flexibility index (Phi) is 7.71. The van der Waals surface area contributed by atoms with E-state index in [9.17, 15) is 18.0 Å². The van der Waals surface area contributed by atoms with E-state index < -0.39 is 10.0 Å². The number of piperidine rings is 1. The van der Waals surface area contributed by atoms with Crippen LogP contribution in [0.15, 0.2) is 53.4 Å². The van der Waals surface area contributed by atoms with Gasteiger partial charge in [-0.1, -0.05) is 25.5 Å². The van der Waals surface area contributed by atoms with Crippen molar-refractivity contribution < 1.29 is 18.0 Å². The molecule has 1 saturated heterocycles. The van der Waals surface area contributed by atoms with Crippen molar-refractivity contribution in [1.82, 2.24) is 14.2 Å². The van der Waals surface area contributed by atoms with Crippen molar-refractivity contribution in [1.29, 1.82) is 0 Å². The molecule has 6 rings (SSSR count). The molecule has 0 bridgehead atoms. The van der Waals surface area contributed by atoms with Crippen LogP contribution in [0.3, 0.4) is 0 Å². The zero-order valence-electron chi connectivity index (χ0n) is 23.1. The van der Waals surface area contributed by atoms with Crippen LogP contribution in [0.5, 0.6) is 0 Å². The third-order valence-corrected chi connectivity index (χ3v) is 12.2. The fraction of sp³-hybridized carbons (Fsp3) is 0.367. The number of aromatic nitrogens is 1. The van der Waals surface area contributed by atoms with Gasteiger partial charge in [-0.3, -0.25) is 9.59 Å². The highest BCUT2D eigenvalue weighted by atomic mass is 32.2. The van der Waals surface area contributed by atoms with Gasteiger partial charge in [-0.2, -0.15) is 4.31 Å². The van der Waals surface area contributed by atoms with E-state index in [0.717, 1.165) is 56.9 Å². The fourth-order valence-electron chi connectivity index (χ4n) is 5.75. The number of benzene rings is 2. The molecular weight excluding hydrogens is 577 g/mol. The summed E-state index contributed by atoms with van der Waals surface area (Å²) < 4.78 is 29.5. The first-order valence-corrected chi connectivity index (χ1v) is 17.0. The van der Waals surface area contributed by atoms with Crippen LogP contribution >= 0.6 is 22.7 Å². The van der Waals surface area contributed by atoms with Crippen LogP contribution in [0.25, 0.3) is 20.8 Å². The van der Waals surface area contributed by atoms with Gasteiger partial charge in [0.05, 0.1) is 21.7 Å². The van der Waals surface area contributed by atoms with Gasteiger partial charge in [0, 0.05) is 42.1 Å². The maximum absolute atomic E-state index is 13.5. The van der Waals surface area contributed by atoms with E-state index in [1.165, 1.54) is 23.5 Å². The first-order valence-electron chi connectivity index (χ1n) is 14.0. The standard InChI is InChI=1S/C30H32N4O4S3/c1-3-21-8-6-7-16-34(21)41(37,38)22-13-11-20(12-14-22)28(36)32-30-27(29-31-24-9-4-5-10-25(24)39-29)23-15-17-33(19(2)35)18-26(23)40-30/h4-5,9-14,21H,3,6-8,15-18H2,1-2H3,(H,32,36). The molecule has 214 valence electrons. The molecule has 2 amide bonds. The van der Waals surface area contributed by atoms with Crippen molar-refractivity contribution >= 4 is 59.7 Å². The average molecular weight is 609 g/mol. The van der Waals surface area contributed by atoms with Gasteiger partial charge in [0.2, 0.25) is 15.9 Å². The number of rotatable bonds is 6. The van der Waals surface area contributed by atoms with Crippen molar-refractivity contribution in [2.45, 2.75) is 63.4 Å². The summed E-state index contributed by atoms with van der Waals surface area (Å²) in [6.45, 7) is 5.25. The number of nitrogens with one attached hydrogen (secondary N) is 1. The molecule has 41 heavy (non-hydrogen) atoms. The third-order valence-electron chi connectivity index (χ3n) is 8.00. The second-order valence-electron chi connectivity index (χ2n) is 10.5. The lowest BCUT2D eigenvalue weighted by Gasteiger charge is -2.34. The number of anilines is 1. The summed E-state index contributed by atoms with van der Waals surface area (Å²) in [6.07, 6.45) is 4.26. The number of carbonyl (C=O) groups excluding carboxylic acids is 2. The van der Waals surface area contributed by atoms with Crippen molar-refractivity contribution in [3.63, 3.8) is 0 Å². The second kappa shape index (κ2) is 11.3. The first kappa shape index (κ1) is 28.0. The van der Waals surface area contributed by atoms with Crippen LogP contribution in [0, 0.1) is 0 Å². The molecule has 0 saturated carbocycles. The summed E-state index contributed by atoms with van der Waals surface area (Å²) in [5.41, 5.74) is 3.32. The van der Waals surface area contributed by atoms with Gasteiger partial charge in [-0.25, -0.2) is 13.4 Å². The molecule has 11 heteroatoms. The van der Waals surface area contributed by atoms with Crippen LogP contribution < -0.4 is 5.32 Å². The number of para-hydroxylation sites is 1. The average Bonchev–Trinajstić information content (AvgIpc) is 3.57. The molecule has 4 heterocycles. The van der Waals surface area contributed by atoms with Gasteiger partial charge in [0.1, 0.15) is 10.0 Å². The molecule has 8 nitrogen and oxygen atoms in total. The number of carbonyl (C=O) groups is 2. The highest BCUT2D eigenvalue weighted by Crippen LogP contribution is 2.46. The maximum Gasteiger partial charge on any atom is 0.256 e. The van der Waals surface area contributed by atoms with Crippen LogP contribution in [-0.4, -0.2) is 53.6 Å². The number of thiophene rings is 1. The third kappa shape index (κ3) is 5.31. The predicted molar refractivity (Wildman–Crippen MR) is 164 cm³/mol. The van der Waals surface area contributed by atoms with Gasteiger partial charge in [0.25, 0.3) is 5.91 Å². The maximum atomic E-state index is 13.5. The van der Waals surface area contributed by atoms with E-state index in [4.69, 9.17) is 4.98 Å². The summed E-state index contributed by atoms with van der Waals surface area (Å²) >= 11 is 3.06. The number of hydrogen-bond donors (Lipinski definition) is 1. The lowest BCUT2D eigenvalue weighted by Crippen LogP contribution is -2.43. The lowest BCUT2D eigenvalue weighted by molar-refractivity contribution is -0.129. The topological polar surface area (TPSA) is 99.7 Å². The minimum atomic E-state index is -3.63. The van der Waals surface area contributed by atoms with Crippen LogP contribution in [0.1, 0.15) is 60.3 Å². The van der Waals surface area contributed by atoms with Gasteiger partial charge in [-0.15, -0.1) is 22.7 Å². The molecule has 2 aromatic heterocycles. The zero-order chi connectivity index (χ0) is 28.7. The quantitative estimate of drug-likeness (QED) is 0.284. The molecule has 1 fully saturated rings. The Morgan fingerprint density at radius 1 is 1.05 bits per heavy atom. The molecular formula is C30H32N4O4S3. The Hall–Kier alpha value is -3.12. The number of hydrogen-bond acceptors (Lipinski definition) is 7. The number of amides is 2. The summed E-state index contributed by atoms with van der Waals surface area (Å²) in [5.74, 6) is -0.288. The van der Waals surface area contributed by atoms with Gasteiger partial charge >= 0.3 is 0 Å². The molecule has 0 aliphatic carbocycles. The Balaban J connectivity index is 1.30. The second-order valence-corrected chi connectivity index (χ2v) is 14.6. The number of nitrogens with zero attached hydrogens (tertiary/aromatic N) is 3. The van der Waals surface area contributed by atoms with E-state index in [1.807, 2.05) is 36.1 Å². The zero-order valence-corrected chi connectivity index (χ0v) is 25.5. The molecule has 1 unspecified atom stereocenters. The molecule has 2 aromatic carbocycles. The summed E-state index contributed by atoms with van der Waals surface area (Å²) in [7, 11) is -3.63. The normalized spacial score (nSPS) is 17.9.